The maximum atomic E-state index is 13.2. The van der Waals surface area contributed by atoms with Crippen molar-refractivity contribution in [2.24, 2.45) is 0 Å². The highest BCUT2D eigenvalue weighted by molar-refractivity contribution is 9.10. The molecule has 2 rings (SSSR count). The first-order valence-corrected chi connectivity index (χ1v) is 7.54. The monoisotopic (exact) mass is 352 g/mol. The van der Waals surface area contributed by atoms with Gasteiger partial charge < -0.3 is 10.1 Å². The van der Waals surface area contributed by atoms with Gasteiger partial charge >= 0.3 is 0 Å². The molecule has 1 aromatic carbocycles. The third kappa shape index (κ3) is 4.02. The fourth-order valence-electron chi connectivity index (χ4n) is 2.17. The van der Waals surface area contributed by atoms with Crippen LogP contribution in [-0.2, 0) is 0 Å². The normalized spacial score (nSPS) is 12.5. The van der Waals surface area contributed by atoms with Crippen molar-refractivity contribution >= 4 is 15.9 Å². The summed E-state index contributed by atoms with van der Waals surface area (Å²) >= 11 is 3.41. The van der Waals surface area contributed by atoms with E-state index in [1.54, 1.807) is 18.5 Å². The fraction of sp³-hybridized carbons (Fsp3) is 0.312. The SMILES string of the molecule is CNC(c1cncc(OC(C)C)c1)c1ccc(F)cc1Br. The molecule has 1 aromatic heterocycles. The van der Waals surface area contributed by atoms with Crippen LogP contribution in [0.4, 0.5) is 4.39 Å². The Labute approximate surface area is 132 Å². The van der Waals surface area contributed by atoms with Gasteiger partial charge in [-0.05, 0) is 50.2 Å². The number of ether oxygens (including phenoxy) is 1. The number of nitrogens with one attached hydrogen (secondary N) is 1. The molecule has 1 unspecified atom stereocenters. The first-order valence-electron chi connectivity index (χ1n) is 6.75. The molecule has 0 amide bonds. The number of hydrogen-bond acceptors (Lipinski definition) is 3. The molecular weight excluding hydrogens is 335 g/mol. The first kappa shape index (κ1) is 15.9. The zero-order valence-corrected chi connectivity index (χ0v) is 13.8. The van der Waals surface area contributed by atoms with Crippen molar-refractivity contribution < 1.29 is 9.13 Å². The second-order valence-electron chi connectivity index (χ2n) is 5.01. The Bertz CT molecular complexity index is 619. The molecule has 3 nitrogen and oxygen atoms in total. The molecule has 0 aliphatic carbocycles. The van der Waals surface area contributed by atoms with Crippen LogP contribution in [0.15, 0.2) is 41.1 Å². The summed E-state index contributed by atoms with van der Waals surface area (Å²) in [6.45, 7) is 3.94. The van der Waals surface area contributed by atoms with Gasteiger partial charge in [0.1, 0.15) is 11.6 Å². The summed E-state index contributed by atoms with van der Waals surface area (Å²) in [6.07, 6.45) is 3.56. The quantitative estimate of drug-likeness (QED) is 0.880. The van der Waals surface area contributed by atoms with Crippen molar-refractivity contribution in [3.8, 4) is 5.75 Å². The Kier molecular flexibility index (Phi) is 5.31. The molecule has 0 aliphatic heterocycles. The zero-order chi connectivity index (χ0) is 15.4. The molecule has 0 fully saturated rings. The molecule has 21 heavy (non-hydrogen) atoms. The van der Waals surface area contributed by atoms with Crippen LogP contribution in [0, 0.1) is 5.82 Å². The molecule has 2 aromatic rings. The molecule has 5 heteroatoms. The van der Waals surface area contributed by atoms with E-state index in [2.05, 4.69) is 26.2 Å². The fourth-order valence-corrected chi connectivity index (χ4v) is 2.75. The number of nitrogens with zero attached hydrogens (tertiary/aromatic N) is 1. The number of halogens is 2. The highest BCUT2D eigenvalue weighted by atomic mass is 79.9. The van der Waals surface area contributed by atoms with Gasteiger partial charge in [-0.1, -0.05) is 22.0 Å². The standard InChI is InChI=1S/C16H18BrFN2O/c1-10(2)21-13-6-11(8-20-9-13)16(19-3)14-5-4-12(18)7-15(14)17/h4-10,16,19H,1-3H3. The minimum atomic E-state index is -0.268. The van der Waals surface area contributed by atoms with Crippen LogP contribution < -0.4 is 10.1 Å². The Hall–Kier alpha value is -1.46. The van der Waals surface area contributed by atoms with E-state index in [-0.39, 0.29) is 18.0 Å². The summed E-state index contributed by atoms with van der Waals surface area (Å²) < 4.78 is 19.6. The maximum absolute atomic E-state index is 13.2. The van der Waals surface area contributed by atoms with Gasteiger partial charge in [0.2, 0.25) is 0 Å². The number of hydrogen-bond donors (Lipinski definition) is 1. The Morgan fingerprint density at radius 1 is 1.24 bits per heavy atom. The molecule has 0 saturated heterocycles. The summed E-state index contributed by atoms with van der Waals surface area (Å²) in [5, 5.41) is 3.23. The second kappa shape index (κ2) is 7.00. The van der Waals surface area contributed by atoms with Gasteiger partial charge in [-0.15, -0.1) is 0 Å². The lowest BCUT2D eigenvalue weighted by atomic mass is 10.0. The van der Waals surface area contributed by atoms with Crippen LogP contribution in [-0.4, -0.2) is 18.1 Å². The van der Waals surface area contributed by atoms with Gasteiger partial charge in [-0.3, -0.25) is 4.98 Å². The maximum Gasteiger partial charge on any atom is 0.138 e. The van der Waals surface area contributed by atoms with Crippen LogP contribution in [0.3, 0.4) is 0 Å². The number of benzene rings is 1. The summed E-state index contributed by atoms with van der Waals surface area (Å²) in [5.74, 6) is 0.455. The van der Waals surface area contributed by atoms with E-state index >= 15 is 0 Å². The van der Waals surface area contributed by atoms with E-state index in [4.69, 9.17) is 4.74 Å². The molecule has 1 atom stereocenters. The van der Waals surface area contributed by atoms with Gasteiger partial charge in [0.05, 0.1) is 18.3 Å². The third-order valence-electron chi connectivity index (χ3n) is 3.00. The van der Waals surface area contributed by atoms with Gasteiger partial charge in [0.15, 0.2) is 0 Å². The lowest BCUT2D eigenvalue weighted by Crippen LogP contribution is -2.18. The smallest absolute Gasteiger partial charge is 0.138 e. The summed E-state index contributed by atoms with van der Waals surface area (Å²) in [7, 11) is 1.86. The molecule has 0 aliphatic rings. The van der Waals surface area contributed by atoms with E-state index < -0.39 is 0 Å². The molecule has 1 N–H and O–H groups in total. The van der Waals surface area contributed by atoms with Crippen molar-refractivity contribution in [3.05, 3.63) is 58.1 Å². The van der Waals surface area contributed by atoms with Crippen LogP contribution in [0.2, 0.25) is 0 Å². The second-order valence-corrected chi connectivity index (χ2v) is 5.86. The minimum Gasteiger partial charge on any atom is -0.489 e. The third-order valence-corrected chi connectivity index (χ3v) is 3.69. The van der Waals surface area contributed by atoms with E-state index in [1.165, 1.54) is 12.1 Å². The number of rotatable bonds is 5. The lowest BCUT2D eigenvalue weighted by Gasteiger charge is -2.19. The number of aromatic nitrogens is 1. The van der Waals surface area contributed by atoms with E-state index in [9.17, 15) is 4.39 Å². The highest BCUT2D eigenvalue weighted by Gasteiger charge is 2.16. The predicted octanol–water partition coefficient (Wildman–Crippen LogP) is 4.08. The Morgan fingerprint density at radius 2 is 2.00 bits per heavy atom. The van der Waals surface area contributed by atoms with E-state index in [0.29, 0.717) is 0 Å². The topological polar surface area (TPSA) is 34.2 Å². The molecule has 0 spiro atoms. The Balaban J connectivity index is 2.37. The molecular formula is C16H18BrFN2O. The van der Waals surface area contributed by atoms with Gasteiger partial charge in [0.25, 0.3) is 0 Å². The van der Waals surface area contributed by atoms with Crippen molar-refractivity contribution in [1.82, 2.24) is 10.3 Å². The van der Waals surface area contributed by atoms with Crippen LogP contribution in [0.25, 0.3) is 0 Å². The zero-order valence-electron chi connectivity index (χ0n) is 12.2. The summed E-state index contributed by atoms with van der Waals surface area (Å²) in [4.78, 5) is 4.22. The number of pyridine rings is 1. The summed E-state index contributed by atoms with van der Waals surface area (Å²) in [6, 6.07) is 6.53. The molecule has 1 heterocycles. The first-order chi connectivity index (χ1) is 10.0. The van der Waals surface area contributed by atoms with Crippen molar-refractivity contribution in [3.63, 3.8) is 0 Å². The van der Waals surface area contributed by atoms with E-state index in [0.717, 1.165) is 21.3 Å². The van der Waals surface area contributed by atoms with E-state index in [1.807, 2.05) is 27.0 Å². The average molecular weight is 353 g/mol. The molecule has 0 radical (unpaired) electrons. The predicted molar refractivity (Wildman–Crippen MR) is 85.0 cm³/mol. The van der Waals surface area contributed by atoms with Gasteiger partial charge in [-0.25, -0.2) is 4.39 Å². The van der Waals surface area contributed by atoms with Crippen LogP contribution >= 0.6 is 15.9 Å². The van der Waals surface area contributed by atoms with Gasteiger partial charge in [0, 0.05) is 10.7 Å². The average Bonchev–Trinajstić information content (AvgIpc) is 2.41. The van der Waals surface area contributed by atoms with Gasteiger partial charge in [-0.2, -0.15) is 0 Å². The minimum absolute atomic E-state index is 0.0904. The van der Waals surface area contributed by atoms with Crippen molar-refractivity contribution in [1.29, 1.82) is 0 Å². The molecule has 0 saturated carbocycles. The molecule has 0 bridgehead atoms. The lowest BCUT2D eigenvalue weighted by molar-refractivity contribution is 0.241. The van der Waals surface area contributed by atoms with Crippen molar-refractivity contribution in [2.75, 3.05) is 7.05 Å². The Morgan fingerprint density at radius 3 is 2.62 bits per heavy atom. The highest BCUT2D eigenvalue weighted by Crippen LogP contribution is 2.30. The molecule has 112 valence electrons. The summed E-state index contributed by atoms with van der Waals surface area (Å²) in [5.41, 5.74) is 1.91. The van der Waals surface area contributed by atoms with Crippen LogP contribution in [0.1, 0.15) is 31.0 Å². The largest absolute Gasteiger partial charge is 0.489 e. The van der Waals surface area contributed by atoms with Crippen molar-refractivity contribution in [2.45, 2.75) is 26.0 Å². The van der Waals surface area contributed by atoms with Crippen LogP contribution in [0.5, 0.6) is 5.75 Å².